The Hall–Kier alpha value is -2.48. The van der Waals surface area contributed by atoms with Crippen molar-refractivity contribution < 1.29 is 13.9 Å². The third kappa shape index (κ3) is 3.70. The van der Waals surface area contributed by atoms with E-state index in [1.165, 1.54) is 12.1 Å². The molecule has 1 aliphatic heterocycles. The van der Waals surface area contributed by atoms with Crippen LogP contribution < -0.4 is 0 Å². The summed E-state index contributed by atoms with van der Waals surface area (Å²) in [5, 5.41) is 9.59. The van der Waals surface area contributed by atoms with Crippen LogP contribution in [0.25, 0.3) is 0 Å². The number of ether oxygens (including phenoxy) is 1. The highest BCUT2D eigenvalue weighted by Crippen LogP contribution is 2.39. The number of halogens is 1. The van der Waals surface area contributed by atoms with Gasteiger partial charge in [0.25, 0.3) is 0 Å². The predicted octanol–water partition coefficient (Wildman–Crippen LogP) is 4.14. The van der Waals surface area contributed by atoms with E-state index >= 15 is 0 Å². The van der Waals surface area contributed by atoms with Crippen molar-refractivity contribution in [3.05, 3.63) is 46.9 Å². The summed E-state index contributed by atoms with van der Waals surface area (Å²) in [6, 6.07) is 8.07. The maximum absolute atomic E-state index is 13.3. The number of hydrogen-bond acceptors (Lipinski definition) is 4. The molecule has 0 fully saturated rings. The Morgan fingerprint density at radius 1 is 1.25 bits per heavy atom. The second-order valence-corrected chi connectivity index (χ2v) is 6.89. The lowest BCUT2D eigenvalue weighted by Crippen LogP contribution is -2.32. The van der Waals surface area contributed by atoms with Crippen molar-refractivity contribution in [2.24, 2.45) is 10.9 Å². The smallest absolute Gasteiger partial charge is 0.337 e. The van der Waals surface area contributed by atoms with Crippen LogP contribution in [0.5, 0.6) is 0 Å². The first-order valence-corrected chi connectivity index (χ1v) is 7.78. The molecule has 0 aromatic heterocycles. The van der Waals surface area contributed by atoms with E-state index in [-0.39, 0.29) is 5.82 Å². The number of nitriles is 1. The molecule has 2 rings (SSSR count). The zero-order valence-electron chi connectivity index (χ0n) is 14.6. The van der Waals surface area contributed by atoms with Crippen molar-refractivity contribution >= 4 is 11.7 Å². The number of allylic oxidation sites excluding steroid dienone is 1. The Kier molecular flexibility index (Phi) is 4.88. The van der Waals surface area contributed by atoms with Crippen molar-refractivity contribution in [2.45, 2.75) is 46.1 Å². The summed E-state index contributed by atoms with van der Waals surface area (Å²) in [4.78, 5) is 17.1. The third-order valence-electron chi connectivity index (χ3n) is 3.82. The lowest BCUT2D eigenvalue weighted by atomic mass is 9.76. The van der Waals surface area contributed by atoms with Gasteiger partial charge in [-0.15, -0.1) is 0 Å². The first kappa shape index (κ1) is 17.9. The van der Waals surface area contributed by atoms with E-state index in [4.69, 9.17) is 4.74 Å². The normalized spacial score (nSPS) is 21.1. The van der Waals surface area contributed by atoms with Crippen LogP contribution in [0.1, 0.15) is 46.1 Å². The van der Waals surface area contributed by atoms with Gasteiger partial charge in [-0.25, -0.2) is 9.18 Å². The summed E-state index contributed by atoms with van der Waals surface area (Å²) < 4.78 is 18.8. The minimum absolute atomic E-state index is 0.355. The minimum atomic E-state index is -0.657. The average Bonchev–Trinajstić information content (AvgIpc) is 2.45. The number of nitrogens with zero attached hydrogens (tertiary/aromatic N) is 2. The molecule has 0 saturated carbocycles. The van der Waals surface area contributed by atoms with Crippen LogP contribution >= 0.6 is 0 Å². The molecule has 1 heterocycles. The molecule has 0 spiro atoms. The van der Waals surface area contributed by atoms with Crippen LogP contribution in [0.3, 0.4) is 0 Å². The van der Waals surface area contributed by atoms with Crippen LogP contribution in [0.2, 0.25) is 0 Å². The standard InChI is InChI=1S/C19H21FN2O2/c1-11-15(10-21)17(13-6-8-14(20)9-7-13)16(12(2)22-11)18(23)24-19(3,4)5/h6-9,15,17H,1-5H3. The molecule has 4 nitrogen and oxygen atoms in total. The Morgan fingerprint density at radius 2 is 1.83 bits per heavy atom. The molecule has 24 heavy (non-hydrogen) atoms. The molecule has 126 valence electrons. The average molecular weight is 328 g/mol. The molecule has 1 aliphatic rings. The monoisotopic (exact) mass is 328 g/mol. The third-order valence-corrected chi connectivity index (χ3v) is 3.82. The van der Waals surface area contributed by atoms with Gasteiger partial charge in [0.15, 0.2) is 0 Å². The highest BCUT2D eigenvalue weighted by atomic mass is 19.1. The Balaban J connectivity index is 2.57. The van der Waals surface area contributed by atoms with Crippen molar-refractivity contribution in [2.75, 3.05) is 0 Å². The number of aliphatic imine (C=N–C) groups is 1. The van der Waals surface area contributed by atoms with Crippen LogP contribution in [0, 0.1) is 23.1 Å². The van der Waals surface area contributed by atoms with E-state index in [0.29, 0.717) is 22.5 Å². The number of benzene rings is 1. The minimum Gasteiger partial charge on any atom is -0.457 e. The first-order valence-electron chi connectivity index (χ1n) is 7.78. The maximum atomic E-state index is 13.3. The highest BCUT2D eigenvalue weighted by Gasteiger charge is 2.38. The van der Waals surface area contributed by atoms with E-state index < -0.39 is 23.4 Å². The van der Waals surface area contributed by atoms with Gasteiger partial charge in [-0.2, -0.15) is 5.26 Å². The summed E-state index contributed by atoms with van der Waals surface area (Å²) in [5.74, 6) is -1.98. The van der Waals surface area contributed by atoms with E-state index in [9.17, 15) is 14.4 Å². The molecular weight excluding hydrogens is 307 g/mol. The fourth-order valence-corrected chi connectivity index (χ4v) is 2.83. The van der Waals surface area contributed by atoms with Crippen molar-refractivity contribution in [3.8, 4) is 6.07 Å². The zero-order valence-corrected chi connectivity index (χ0v) is 14.6. The number of rotatable bonds is 2. The molecule has 0 radical (unpaired) electrons. The second kappa shape index (κ2) is 6.56. The van der Waals surface area contributed by atoms with E-state index in [2.05, 4.69) is 11.1 Å². The van der Waals surface area contributed by atoms with Crippen molar-refractivity contribution in [1.29, 1.82) is 5.26 Å². The molecule has 0 amide bonds. The van der Waals surface area contributed by atoms with Gasteiger partial charge >= 0.3 is 5.97 Å². The first-order chi connectivity index (χ1) is 11.1. The fraction of sp³-hybridized carbons (Fsp3) is 0.421. The van der Waals surface area contributed by atoms with Gasteiger partial charge in [-0.3, -0.25) is 4.99 Å². The van der Waals surface area contributed by atoms with Crippen LogP contribution in [-0.2, 0) is 9.53 Å². The van der Waals surface area contributed by atoms with Crippen LogP contribution in [0.4, 0.5) is 4.39 Å². The Bertz CT molecular complexity index is 749. The molecular formula is C19H21FN2O2. The van der Waals surface area contributed by atoms with Gasteiger partial charge in [0.05, 0.1) is 17.6 Å². The van der Waals surface area contributed by atoms with Gasteiger partial charge in [-0.1, -0.05) is 12.1 Å². The predicted molar refractivity (Wildman–Crippen MR) is 89.9 cm³/mol. The second-order valence-electron chi connectivity index (χ2n) is 6.89. The number of carbonyl (C=O) groups excluding carboxylic acids is 1. The maximum Gasteiger partial charge on any atom is 0.337 e. The topological polar surface area (TPSA) is 62.4 Å². The number of carbonyl (C=O) groups is 1. The Morgan fingerprint density at radius 3 is 2.33 bits per heavy atom. The summed E-state index contributed by atoms with van der Waals surface area (Å²) in [5.41, 5.74) is 1.56. The summed E-state index contributed by atoms with van der Waals surface area (Å²) in [6.07, 6.45) is 0. The van der Waals surface area contributed by atoms with E-state index in [1.807, 2.05) is 0 Å². The molecule has 0 N–H and O–H groups in total. The molecule has 0 bridgehead atoms. The van der Waals surface area contributed by atoms with Gasteiger partial charge in [0.1, 0.15) is 11.4 Å². The molecule has 1 aromatic rings. The van der Waals surface area contributed by atoms with Gasteiger partial charge in [0, 0.05) is 17.3 Å². The quantitative estimate of drug-likeness (QED) is 0.767. The summed E-state index contributed by atoms with van der Waals surface area (Å²) >= 11 is 0. The Labute approximate surface area is 141 Å². The molecule has 1 aromatic carbocycles. The molecule has 2 atom stereocenters. The lowest BCUT2D eigenvalue weighted by Gasteiger charge is -2.31. The molecule has 5 heteroatoms. The largest absolute Gasteiger partial charge is 0.457 e. The van der Waals surface area contributed by atoms with Crippen molar-refractivity contribution in [3.63, 3.8) is 0 Å². The molecule has 0 saturated heterocycles. The lowest BCUT2D eigenvalue weighted by molar-refractivity contribution is -0.150. The van der Waals surface area contributed by atoms with E-state index in [0.717, 1.165) is 0 Å². The summed E-state index contributed by atoms with van der Waals surface area (Å²) in [6.45, 7) is 8.85. The van der Waals surface area contributed by atoms with E-state index in [1.54, 1.807) is 46.8 Å². The number of esters is 1. The van der Waals surface area contributed by atoms with Gasteiger partial charge in [-0.05, 0) is 52.3 Å². The van der Waals surface area contributed by atoms with Gasteiger partial charge in [0.2, 0.25) is 0 Å². The summed E-state index contributed by atoms with van der Waals surface area (Å²) in [7, 11) is 0. The van der Waals surface area contributed by atoms with Gasteiger partial charge < -0.3 is 4.74 Å². The fourth-order valence-electron chi connectivity index (χ4n) is 2.83. The van der Waals surface area contributed by atoms with Crippen LogP contribution in [-0.4, -0.2) is 17.3 Å². The zero-order chi connectivity index (χ0) is 18.1. The van der Waals surface area contributed by atoms with Crippen molar-refractivity contribution in [1.82, 2.24) is 0 Å². The van der Waals surface area contributed by atoms with Crippen LogP contribution in [0.15, 0.2) is 40.5 Å². The molecule has 2 unspecified atom stereocenters. The highest BCUT2D eigenvalue weighted by molar-refractivity contribution is 5.98. The molecule has 0 aliphatic carbocycles. The number of hydrogen-bond donors (Lipinski definition) is 0. The SMILES string of the molecule is CC1=NC(C)=C(C(=O)OC(C)(C)C)C(c2ccc(F)cc2)C1C#N.